The van der Waals surface area contributed by atoms with Gasteiger partial charge >= 0.3 is 0 Å². The topological polar surface area (TPSA) is 69.7 Å². The zero-order valence-corrected chi connectivity index (χ0v) is 16.3. The molecule has 0 saturated carbocycles. The molecule has 1 N–H and O–H groups in total. The van der Waals surface area contributed by atoms with E-state index in [-0.39, 0.29) is 5.91 Å². The van der Waals surface area contributed by atoms with Crippen molar-refractivity contribution in [1.29, 1.82) is 0 Å². The number of halogens is 1. The molecule has 1 aromatic rings. The first-order valence-corrected chi connectivity index (χ1v) is 10.8. The summed E-state index contributed by atoms with van der Waals surface area (Å²) in [5.74, 6) is -0.304. The van der Waals surface area contributed by atoms with Crippen LogP contribution in [0.4, 0.5) is 5.69 Å². The van der Waals surface area contributed by atoms with Gasteiger partial charge in [0.2, 0.25) is 15.9 Å². The summed E-state index contributed by atoms with van der Waals surface area (Å²) >= 11 is 5.86. The predicted octanol–water partition coefficient (Wildman–Crippen LogP) is 2.10. The minimum atomic E-state index is -3.60. The molecule has 0 bridgehead atoms. The Labute approximate surface area is 155 Å². The van der Waals surface area contributed by atoms with Crippen LogP contribution in [-0.4, -0.2) is 57.7 Å². The molecule has 2 rings (SSSR count). The Morgan fingerprint density at radius 3 is 2.44 bits per heavy atom. The van der Waals surface area contributed by atoms with Crippen molar-refractivity contribution >= 4 is 33.2 Å². The van der Waals surface area contributed by atoms with Crippen LogP contribution in [0.5, 0.6) is 0 Å². The number of anilines is 1. The number of amides is 1. The van der Waals surface area contributed by atoms with Crippen LogP contribution in [0.25, 0.3) is 0 Å². The summed E-state index contributed by atoms with van der Waals surface area (Å²) in [5, 5.41) is 3.35. The first-order chi connectivity index (χ1) is 11.8. The third-order valence-corrected chi connectivity index (χ3v) is 5.81. The van der Waals surface area contributed by atoms with E-state index in [0.29, 0.717) is 17.3 Å². The minimum absolute atomic E-state index is 0.304. The van der Waals surface area contributed by atoms with Gasteiger partial charge in [-0.15, -0.1) is 0 Å². The summed E-state index contributed by atoms with van der Waals surface area (Å²) in [7, 11) is -3.60. The highest BCUT2D eigenvalue weighted by atomic mass is 35.5. The lowest BCUT2D eigenvalue weighted by atomic mass is 10.2. The summed E-state index contributed by atoms with van der Waals surface area (Å²) in [6, 6.07) is 5.58. The van der Waals surface area contributed by atoms with E-state index in [9.17, 15) is 13.2 Å². The molecule has 1 heterocycles. The molecule has 1 aliphatic rings. The Morgan fingerprint density at radius 1 is 1.28 bits per heavy atom. The van der Waals surface area contributed by atoms with Gasteiger partial charge in [0.15, 0.2) is 0 Å². The Hall–Kier alpha value is -1.31. The van der Waals surface area contributed by atoms with Crippen molar-refractivity contribution in [1.82, 2.24) is 10.2 Å². The average molecular weight is 388 g/mol. The molecule has 25 heavy (non-hydrogen) atoms. The van der Waals surface area contributed by atoms with Crippen molar-refractivity contribution in [3.05, 3.63) is 29.3 Å². The molecule has 1 atom stereocenters. The third kappa shape index (κ3) is 5.87. The average Bonchev–Trinajstić information content (AvgIpc) is 3.05. The zero-order valence-electron chi connectivity index (χ0n) is 14.7. The molecule has 6 nitrogen and oxygen atoms in total. The molecule has 0 aliphatic carbocycles. The monoisotopic (exact) mass is 387 g/mol. The molecule has 140 valence electrons. The van der Waals surface area contributed by atoms with Crippen molar-refractivity contribution in [2.24, 2.45) is 0 Å². The van der Waals surface area contributed by atoms with Crippen LogP contribution in [0.15, 0.2) is 24.3 Å². The van der Waals surface area contributed by atoms with E-state index < -0.39 is 16.1 Å². The lowest BCUT2D eigenvalue weighted by molar-refractivity contribution is -0.121. The fraction of sp³-hybridized carbons (Fsp3) is 0.588. The van der Waals surface area contributed by atoms with Crippen LogP contribution in [0, 0.1) is 0 Å². The van der Waals surface area contributed by atoms with Gasteiger partial charge in [0.1, 0.15) is 6.04 Å². The van der Waals surface area contributed by atoms with Crippen LogP contribution in [0.1, 0.15) is 26.2 Å². The van der Waals surface area contributed by atoms with Crippen molar-refractivity contribution in [3.8, 4) is 0 Å². The number of benzene rings is 1. The second kappa shape index (κ2) is 8.87. The SMILES string of the molecule is CC(C(=O)NCCCN1CCCC1)N(c1ccc(Cl)cc1)S(C)(=O)=O. The second-order valence-electron chi connectivity index (χ2n) is 6.40. The third-order valence-electron chi connectivity index (χ3n) is 4.32. The molecule has 8 heteroatoms. The molecule has 1 amide bonds. The molecule has 1 aliphatic heterocycles. The van der Waals surface area contributed by atoms with Gasteiger partial charge in [0, 0.05) is 11.6 Å². The Kier molecular flexibility index (Phi) is 7.10. The summed E-state index contributed by atoms with van der Waals surface area (Å²) in [6.45, 7) is 5.34. The molecule has 1 saturated heterocycles. The van der Waals surface area contributed by atoms with E-state index in [1.807, 2.05) is 0 Å². The largest absolute Gasteiger partial charge is 0.354 e. The van der Waals surface area contributed by atoms with Gasteiger partial charge in [-0.05, 0) is 70.1 Å². The van der Waals surface area contributed by atoms with Crippen LogP contribution in [-0.2, 0) is 14.8 Å². The maximum absolute atomic E-state index is 12.4. The van der Waals surface area contributed by atoms with Crippen LogP contribution < -0.4 is 9.62 Å². The summed E-state index contributed by atoms with van der Waals surface area (Å²) in [6.07, 6.45) is 4.44. The lowest BCUT2D eigenvalue weighted by Crippen LogP contribution is -2.48. The zero-order chi connectivity index (χ0) is 18.4. The van der Waals surface area contributed by atoms with Gasteiger partial charge in [-0.25, -0.2) is 8.42 Å². The maximum Gasteiger partial charge on any atom is 0.243 e. The highest BCUT2D eigenvalue weighted by molar-refractivity contribution is 7.92. The van der Waals surface area contributed by atoms with Crippen LogP contribution in [0.3, 0.4) is 0 Å². The number of hydrogen-bond donors (Lipinski definition) is 1. The summed E-state index contributed by atoms with van der Waals surface area (Å²) in [4.78, 5) is 14.8. The van der Waals surface area contributed by atoms with Gasteiger partial charge in [-0.3, -0.25) is 9.10 Å². The van der Waals surface area contributed by atoms with Crippen LogP contribution in [0.2, 0.25) is 5.02 Å². The molecular formula is C17H26ClN3O3S. The summed E-state index contributed by atoms with van der Waals surface area (Å²) in [5.41, 5.74) is 0.423. The number of carbonyl (C=O) groups excluding carboxylic acids is 1. The number of rotatable bonds is 8. The minimum Gasteiger partial charge on any atom is -0.354 e. The fourth-order valence-corrected chi connectivity index (χ4v) is 4.37. The van der Waals surface area contributed by atoms with Gasteiger partial charge in [-0.1, -0.05) is 11.6 Å². The quantitative estimate of drug-likeness (QED) is 0.693. The van der Waals surface area contributed by atoms with Crippen molar-refractivity contribution in [3.63, 3.8) is 0 Å². The fourth-order valence-electron chi connectivity index (χ4n) is 3.06. The molecule has 0 spiro atoms. The Balaban J connectivity index is 1.94. The molecule has 0 radical (unpaired) electrons. The van der Waals surface area contributed by atoms with E-state index in [0.717, 1.165) is 36.6 Å². The van der Waals surface area contributed by atoms with E-state index in [1.54, 1.807) is 31.2 Å². The molecule has 1 unspecified atom stereocenters. The predicted molar refractivity (Wildman–Crippen MR) is 102 cm³/mol. The van der Waals surface area contributed by atoms with Gasteiger partial charge in [0.05, 0.1) is 11.9 Å². The normalized spacial score (nSPS) is 16.6. The number of nitrogens with one attached hydrogen (secondary N) is 1. The van der Waals surface area contributed by atoms with Crippen molar-refractivity contribution in [2.75, 3.05) is 36.7 Å². The molecular weight excluding hydrogens is 362 g/mol. The molecule has 1 fully saturated rings. The summed E-state index contributed by atoms with van der Waals surface area (Å²) < 4.78 is 25.5. The lowest BCUT2D eigenvalue weighted by Gasteiger charge is -2.28. The maximum atomic E-state index is 12.4. The standard InChI is InChI=1S/C17H26ClN3O3S/c1-14(17(22)19-10-5-13-20-11-3-4-12-20)21(25(2,23)24)16-8-6-15(18)7-9-16/h6-9,14H,3-5,10-13H2,1-2H3,(H,19,22). The van der Waals surface area contributed by atoms with Gasteiger partial charge < -0.3 is 10.2 Å². The number of nitrogens with zero attached hydrogens (tertiary/aromatic N) is 2. The van der Waals surface area contributed by atoms with E-state index in [1.165, 1.54) is 12.8 Å². The van der Waals surface area contributed by atoms with Crippen LogP contribution >= 0.6 is 11.6 Å². The number of hydrogen-bond acceptors (Lipinski definition) is 4. The Bertz CT molecular complexity index is 673. The van der Waals surface area contributed by atoms with Gasteiger partial charge in [-0.2, -0.15) is 0 Å². The van der Waals surface area contributed by atoms with Crippen molar-refractivity contribution in [2.45, 2.75) is 32.2 Å². The van der Waals surface area contributed by atoms with Gasteiger partial charge in [0.25, 0.3) is 0 Å². The highest BCUT2D eigenvalue weighted by Gasteiger charge is 2.28. The highest BCUT2D eigenvalue weighted by Crippen LogP contribution is 2.23. The van der Waals surface area contributed by atoms with E-state index >= 15 is 0 Å². The first-order valence-electron chi connectivity index (χ1n) is 8.54. The Morgan fingerprint density at radius 2 is 1.88 bits per heavy atom. The van der Waals surface area contributed by atoms with E-state index in [2.05, 4.69) is 10.2 Å². The molecule has 1 aromatic carbocycles. The number of sulfonamides is 1. The smallest absolute Gasteiger partial charge is 0.243 e. The molecule has 0 aromatic heterocycles. The second-order valence-corrected chi connectivity index (χ2v) is 8.70. The van der Waals surface area contributed by atoms with E-state index in [4.69, 9.17) is 11.6 Å². The van der Waals surface area contributed by atoms with Crippen molar-refractivity contribution < 1.29 is 13.2 Å². The number of likely N-dealkylation sites (tertiary alicyclic amines) is 1. The number of carbonyl (C=O) groups is 1. The first kappa shape index (κ1) is 20.0.